The summed E-state index contributed by atoms with van der Waals surface area (Å²) in [6, 6.07) is 8.97. The highest BCUT2D eigenvalue weighted by Crippen LogP contribution is 2.49. The standard InChI is InChI=1S/C20H24BrN2O4PS/c1-4-15(13-5-7-14(21)8-6-13)27-28(24,25)16-9-10-26-19(16)18-17(11-12(2)3)29-20(22)23-18/h5-10,12,15H,4,11H2,1-3H3,(H2,22,23)(H,24,25). The number of thiazole rings is 1. The fourth-order valence-corrected chi connectivity index (χ4v) is 5.74. The van der Waals surface area contributed by atoms with Crippen LogP contribution in [-0.2, 0) is 15.5 Å². The molecule has 1 aromatic carbocycles. The summed E-state index contributed by atoms with van der Waals surface area (Å²) >= 11 is 4.76. The van der Waals surface area contributed by atoms with E-state index < -0.39 is 13.7 Å². The highest BCUT2D eigenvalue weighted by molar-refractivity contribution is 9.10. The highest BCUT2D eigenvalue weighted by atomic mass is 79.9. The Balaban J connectivity index is 1.94. The first-order valence-electron chi connectivity index (χ1n) is 9.31. The maximum Gasteiger partial charge on any atom is 0.363 e. The maximum absolute atomic E-state index is 13.2. The summed E-state index contributed by atoms with van der Waals surface area (Å²) in [5.74, 6) is 0.621. The van der Waals surface area contributed by atoms with Gasteiger partial charge in [-0.25, -0.2) is 4.98 Å². The summed E-state index contributed by atoms with van der Waals surface area (Å²) in [7, 11) is -4.18. The number of nitrogens with two attached hydrogens (primary N) is 1. The molecule has 0 saturated carbocycles. The van der Waals surface area contributed by atoms with Crippen molar-refractivity contribution in [3.63, 3.8) is 0 Å². The van der Waals surface area contributed by atoms with E-state index >= 15 is 0 Å². The Morgan fingerprint density at radius 3 is 2.62 bits per heavy atom. The molecule has 2 atom stereocenters. The van der Waals surface area contributed by atoms with Crippen LogP contribution in [0.25, 0.3) is 11.5 Å². The van der Waals surface area contributed by atoms with Gasteiger partial charge in [0.15, 0.2) is 10.9 Å². The van der Waals surface area contributed by atoms with E-state index in [0.717, 1.165) is 21.3 Å². The van der Waals surface area contributed by atoms with E-state index in [1.54, 1.807) is 0 Å². The minimum atomic E-state index is -4.18. The average Bonchev–Trinajstić information content (AvgIpc) is 3.27. The molecule has 2 unspecified atom stereocenters. The average molecular weight is 499 g/mol. The number of hydrogen-bond acceptors (Lipinski definition) is 6. The Morgan fingerprint density at radius 2 is 2.00 bits per heavy atom. The fourth-order valence-electron chi connectivity index (χ4n) is 3.04. The summed E-state index contributed by atoms with van der Waals surface area (Å²) < 4.78 is 25.5. The number of nitrogens with zero attached hydrogens (tertiary/aromatic N) is 1. The Morgan fingerprint density at radius 1 is 1.31 bits per heavy atom. The molecule has 2 heterocycles. The van der Waals surface area contributed by atoms with Crippen LogP contribution in [0.4, 0.5) is 5.13 Å². The minimum Gasteiger partial charge on any atom is -0.462 e. The molecule has 6 nitrogen and oxygen atoms in total. The third kappa shape index (κ3) is 5.19. The largest absolute Gasteiger partial charge is 0.462 e. The quantitative estimate of drug-likeness (QED) is 0.373. The molecule has 3 N–H and O–H groups in total. The van der Waals surface area contributed by atoms with Crippen LogP contribution in [0.15, 0.2) is 45.5 Å². The van der Waals surface area contributed by atoms with E-state index in [1.807, 2.05) is 31.2 Å². The lowest BCUT2D eigenvalue weighted by molar-refractivity contribution is 0.178. The lowest BCUT2D eigenvalue weighted by Gasteiger charge is -2.20. The number of anilines is 1. The Hall–Kier alpha value is -1.44. The first kappa shape index (κ1) is 22.2. The second kappa shape index (κ2) is 9.14. The van der Waals surface area contributed by atoms with Crippen LogP contribution in [0, 0.1) is 5.92 Å². The van der Waals surface area contributed by atoms with Gasteiger partial charge in [0.25, 0.3) is 0 Å². The van der Waals surface area contributed by atoms with Crippen LogP contribution in [0.3, 0.4) is 0 Å². The minimum absolute atomic E-state index is 0.100. The number of rotatable bonds is 8. The summed E-state index contributed by atoms with van der Waals surface area (Å²) in [4.78, 5) is 16.1. The second-order valence-corrected chi connectivity index (χ2v) is 10.9. The molecule has 3 aromatic rings. The van der Waals surface area contributed by atoms with Crippen LogP contribution in [0.2, 0.25) is 0 Å². The van der Waals surface area contributed by atoms with Crippen LogP contribution < -0.4 is 11.0 Å². The van der Waals surface area contributed by atoms with Gasteiger partial charge in [0.2, 0.25) is 0 Å². The van der Waals surface area contributed by atoms with Gasteiger partial charge >= 0.3 is 7.60 Å². The number of nitrogen functional groups attached to an aromatic ring is 1. The number of furan rings is 1. The van der Waals surface area contributed by atoms with Gasteiger partial charge < -0.3 is 15.0 Å². The number of benzene rings is 1. The van der Waals surface area contributed by atoms with Crippen molar-refractivity contribution in [1.82, 2.24) is 4.98 Å². The van der Waals surface area contributed by atoms with Crippen molar-refractivity contribution >= 4 is 45.3 Å². The zero-order valence-electron chi connectivity index (χ0n) is 16.5. The first-order chi connectivity index (χ1) is 13.7. The molecule has 3 rings (SSSR count). The topological polar surface area (TPSA) is 98.6 Å². The molecular formula is C20H24BrN2O4PS. The summed E-state index contributed by atoms with van der Waals surface area (Å²) in [6.07, 6.45) is 2.14. The van der Waals surface area contributed by atoms with E-state index in [4.69, 9.17) is 14.7 Å². The van der Waals surface area contributed by atoms with Crippen molar-refractivity contribution in [3.8, 4) is 11.5 Å². The van der Waals surface area contributed by atoms with Gasteiger partial charge in [-0.3, -0.25) is 9.09 Å². The molecule has 0 bridgehead atoms. The lowest BCUT2D eigenvalue weighted by atomic mass is 10.1. The van der Waals surface area contributed by atoms with Crippen molar-refractivity contribution in [2.24, 2.45) is 5.92 Å². The van der Waals surface area contributed by atoms with Gasteiger partial charge in [0.05, 0.1) is 12.4 Å². The predicted octanol–water partition coefficient (Wildman–Crippen LogP) is 5.92. The molecular weight excluding hydrogens is 475 g/mol. The summed E-state index contributed by atoms with van der Waals surface area (Å²) in [5, 5.41) is 0.497. The lowest BCUT2D eigenvalue weighted by Crippen LogP contribution is -2.12. The molecule has 0 saturated heterocycles. The molecule has 0 spiro atoms. The zero-order chi connectivity index (χ0) is 21.2. The number of halogens is 1. The Bertz CT molecular complexity index is 1020. The molecule has 9 heteroatoms. The monoisotopic (exact) mass is 498 g/mol. The van der Waals surface area contributed by atoms with Crippen molar-refractivity contribution in [1.29, 1.82) is 0 Å². The highest BCUT2D eigenvalue weighted by Gasteiger charge is 2.34. The summed E-state index contributed by atoms with van der Waals surface area (Å²) in [5.41, 5.74) is 7.25. The molecule has 2 aromatic heterocycles. The first-order valence-corrected chi connectivity index (χ1v) is 12.5. The van der Waals surface area contributed by atoms with Gasteiger partial charge in [0, 0.05) is 9.35 Å². The Kier molecular flexibility index (Phi) is 7.02. The molecule has 0 fully saturated rings. The van der Waals surface area contributed by atoms with Crippen molar-refractivity contribution in [2.45, 2.75) is 39.7 Å². The van der Waals surface area contributed by atoms with E-state index in [9.17, 15) is 9.46 Å². The van der Waals surface area contributed by atoms with Gasteiger partial charge in [-0.1, -0.05) is 48.8 Å². The molecule has 0 aliphatic heterocycles. The summed E-state index contributed by atoms with van der Waals surface area (Å²) in [6.45, 7) is 6.09. The smallest absolute Gasteiger partial charge is 0.363 e. The Labute approximate surface area is 182 Å². The van der Waals surface area contributed by atoms with Gasteiger partial charge in [-0.15, -0.1) is 11.3 Å². The van der Waals surface area contributed by atoms with Crippen molar-refractivity contribution in [2.75, 3.05) is 5.73 Å². The normalized spacial score (nSPS) is 14.8. The van der Waals surface area contributed by atoms with E-state index in [2.05, 4.69) is 34.8 Å². The van der Waals surface area contributed by atoms with Crippen LogP contribution in [0.5, 0.6) is 0 Å². The zero-order valence-corrected chi connectivity index (χ0v) is 19.8. The van der Waals surface area contributed by atoms with Crippen LogP contribution in [-0.4, -0.2) is 9.88 Å². The molecule has 0 aliphatic rings. The second-order valence-electron chi connectivity index (χ2n) is 7.13. The molecule has 0 aliphatic carbocycles. The van der Waals surface area contributed by atoms with Crippen molar-refractivity contribution < 1.29 is 18.4 Å². The fraction of sp³-hybridized carbons (Fsp3) is 0.350. The number of aromatic nitrogens is 1. The maximum atomic E-state index is 13.2. The molecule has 29 heavy (non-hydrogen) atoms. The molecule has 156 valence electrons. The predicted molar refractivity (Wildman–Crippen MR) is 120 cm³/mol. The van der Waals surface area contributed by atoms with Gasteiger partial charge in [-0.05, 0) is 42.5 Å². The van der Waals surface area contributed by atoms with Crippen molar-refractivity contribution in [3.05, 3.63) is 51.5 Å². The number of hydrogen-bond donors (Lipinski definition) is 2. The SMILES string of the molecule is CCC(OP(=O)(O)c1ccoc1-c1nc(N)sc1CC(C)C)c1ccc(Br)cc1. The molecule has 0 amide bonds. The van der Waals surface area contributed by atoms with E-state index in [0.29, 0.717) is 23.2 Å². The van der Waals surface area contributed by atoms with E-state index in [-0.39, 0.29) is 11.1 Å². The van der Waals surface area contributed by atoms with E-state index in [1.165, 1.54) is 23.7 Å². The third-order valence-electron chi connectivity index (χ3n) is 4.35. The van der Waals surface area contributed by atoms with Gasteiger partial charge in [0.1, 0.15) is 11.0 Å². The van der Waals surface area contributed by atoms with Gasteiger partial charge in [-0.2, -0.15) is 0 Å². The third-order valence-corrected chi connectivity index (χ3v) is 7.29. The molecule has 0 radical (unpaired) electrons. The van der Waals surface area contributed by atoms with Crippen LogP contribution in [0.1, 0.15) is 43.7 Å². The van der Waals surface area contributed by atoms with Crippen LogP contribution >= 0.6 is 34.9 Å².